The molecule has 10 nitrogen and oxygen atoms in total. The summed E-state index contributed by atoms with van der Waals surface area (Å²) in [7, 11) is 1.08. The number of nitrogens with zero attached hydrogens (tertiary/aromatic N) is 3. The van der Waals surface area contributed by atoms with Gasteiger partial charge in [0.2, 0.25) is 0 Å². The third-order valence-electron chi connectivity index (χ3n) is 4.71. The second-order valence-corrected chi connectivity index (χ2v) is 6.64. The first-order valence-corrected chi connectivity index (χ1v) is 9.01. The molecule has 1 aliphatic rings. The molecule has 12 heteroatoms. The highest BCUT2D eigenvalue weighted by molar-refractivity contribution is 6.11. The van der Waals surface area contributed by atoms with Crippen molar-refractivity contribution in [2.24, 2.45) is 10.9 Å². The molecule has 1 aliphatic heterocycles. The van der Waals surface area contributed by atoms with Gasteiger partial charge in [-0.1, -0.05) is 6.07 Å². The van der Waals surface area contributed by atoms with Gasteiger partial charge >= 0.3 is 18.1 Å². The number of benzene rings is 2. The normalized spacial score (nSPS) is 18.1. The second kappa shape index (κ2) is 8.88. The average molecular weight is 447 g/mol. The van der Waals surface area contributed by atoms with E-state index in [1.54, 1.807) is 0 Å². The van der Waals surface area contributed by atoms with E-state index in [4.69, 9.17) is 9.47 Å². The Morgan fingerprint density at radius 3 is 2.34 bits per heavy atom. The number of halogens is 2. The van der Waals surface area contributed by atoms with Gasteiger partial charge in [0.25, 0.3) is 5.69 Å². The second-order valence-electron chi connectivity index (χ2n) is 6.64. The Morgan fingerprint density at radius 2 is 1.78 bits per heavy atom. The van der Waals surface area contributed by atoms with E-state index in [2.05, 4.69) is 4.99 Å². The van der Waals surface area contributed by atoms with E-state index in [9.17, 15) is 33.3 Å². The lowest BCUT2D eigenvalue weighted by Gasteiger charge is -2.36. The van der Waals surface area contributed by atoms with Gasteiger partial charge in [-0.25, -0.2) is 28.3 Å². The fraction of sp³-hybridized carbons (Fsp3) is 0.200. The monoisotopic (exact) mass is 447 g/mol. The summed E-state index contributed by atoms with van der Waals surface area (Å²) in [6, 6.07) is 4.49. The van der Waals surface area contributed by atoms with Crippen LogP contribution in [-0.2, 0) is 9.53 Å². The van der Waals surface area contributed by atoms with E-state index in [1.165, 1.54) is 6.92 Å². The summed E-state index contributed by atoms with van der Waals surface area (Å²) < 4.78 is 37.2. The van der Waals surface area contributed by atoms with Crippen LogP contribution < -0.4 is 4.74 Å². The zero-order chi connectivity index (χ0) is 23.6. The molecule has 2 atom stereocenters. The van der Waals surface area contributed by atoms with Crippen LogP contribution in [0.2, 0.25) is 0 Å². The molecule has 166 valence electrons. The van der Waals surface area contributed by atoms with Crippen molar-refractivity contribution in [1.82, 2.24) is 4.90 Å². The number of urea groups is 1. The number of hydrogen-bond donors (Lipinski definition) is 0. The van der Waals surface area contributed by atoms with Gasteiger partial charge in [-0.3, -0.25) is 14.9 Å². The van der Waals surface area contributed by atoms with Gasteiger partial charge in [0, 0.05) is 17.8 Å². The number of ether oxygens (including phenoxy) is 2. The number of amides is 3. The first-order chi connectivity index (χ1) is 15.1. The number of nitro benzene ring substituents is 1. The van der Waals surface area contributed by atoms with E-state index in [0.717, 1.165) is 49.6 Å². The molecule has 0 spiro atoms. The lowest BCUT2D eigenvalue weighted by atomic mass is 9.87. The minimum atomic E-state index is -1.45. The molecule has 1 heterocycles. The van der Waals surface area contributed by atoms with Gasteiger partial charge in [0.15, 0.2) is 11.6 Å². The van der Waals surface area contributed by atoms with Gasteiger partial charge in [0.05, 0.1) is 18.1 Å². The summed E-state index contributed by atoms with van der Waals surface area (Å²) in [6.07, 6.45) is -1.29. The summed E-state index contributed by atoms with van der Waals surface area (Å²) in [5, 5.41) is 10.8. The fourth-order valence-electron chi connectivity index (χ4n) is 3.21. The first kappa shape index (κ1) is 22.5. The number of methoxy groups -OCH3 is 1. The number of non-ortho nitro benzene ring substituents is 1. The van der Waals surface area contributed by atoms with E-state index >= 15 is 0 Å². The van der Waals surface area contributed by atoms with Crippen molar-refractivity contribution >= 4 is 29.5 Å². The van der Waals surface area contributed by atoms with E-state index in [-0.39, 0.29) is 22.7 Å². The van der Waals surface area contributed by atoms with E-state index in [0.29, 0.717) is 4.90 Å². The highest BCUT2D eigenvalue weighted by Gasteiger charge is 2.46. The Kier molecular flexibility index (Phi) is 6.23. The van der Waals surface area contributed by atoms with Crippen molar-refractivity contribution < 1.29 is 37.6 Å². The molecule has 3 rings (SSSR count). The molecule has 0 aromatic heterocycles. The number of nitro groups is 1. The number of carbonyl (C=O) groups excluding carboxylic acids is 3. The molecule has 0 bridgehead atoms. The maximum Gasteiger partial charge on any atom is 0.424 e. The minimum Gasteiger partial charge on any atom is -0.468 e. The fourth-order valence-corrected chi connectivity index (χ4v) is 3.21. The average Bonchev–Trinajstić information content (AvgIpc) is 2.75. The summed E-state index contributed by atoms with van der Waals surface area (Å²) in [4.78, 5) is 52.1. The molecule has 0 saturated carbocycles. The van der Waals surface area contributed by atoms with Crippen LogP contribution in [0.3, 0.4) is 0 Å². The molecule has 0 N–H and O–H groups in total. The van der Waals surface area contributed by atoms with Crippen molar-refractivity contribution in [2.45, 2.75) is 13.0 Å². The standard InChI is InChI=1S/C20H15F2N3O7/c1-10-16(18(26)31-2)17(11-3-8-14(21)15(22)9-11)24(19(27)23-10)20(28)32-13-6-4-12(5-7-13)25(29)30/h3-9,16-17H,1-2H3/t16?,17-/m0/s1. The van der Waals surface area contributed by atoms with Crippen LogP contribution in [0.15, 0.2) is 47.5 Å². The van der Waals surface area contributed by atoms with Gasteiger partial charge in [0.1, 0.15) is 11.7 Å². The smallest absolute Gasteiger partial charge is 0.424 e. The summed E-state index contributed by atoms with van der Waals surface area (Å²) in [5.74, 6) is -4.76. The van der Waals surface area contributed by atoms with Crippen molar-refractivity contribution in [3.63, 3.8) is 0 Å². The highest BCUT2D eigenvalue weighted by atomic mass is 19.2. The van der Waals surface area contributed by atoms with Crippen LogP contribution in [0.1, 0.15) is 18.5 Å². The molecule has 2 aromatic rings. The molecule has 1 unspecified atom stereocenters. The maximum absolute atomic E-state index is 13.9. The minimum absolute atomic E-state index is 0.00373. The molecule has 3 amide bonds. The Bertz CT molecular complexity index is 1130. The molecule has 0 fully saturated rings. The third-order valence-corrected chi connectivity index (χ3v) is 4.71. The van der Waals surface area contributed by atoms with Gasteiger partial charge in [-0.15, -0.1) is 0 Å². The lowest BCUT2D eigenvalue weighted by molar-refractivity contribution is -0.384. The number of rotatable bonds is 4. The lowest BCUT2D eigenvalue weighted by Crippen LogP contribution is -2.50. The van der Waals surface area contributed by atoms with Gasteiger partial charge in [-0.05, 0) is 36.8 Å². The molecule has 32 heavy (non-hydrogen) atoms. The van der Waals surface area contributed by atoms with Crippen molar-refractivity contribution in [3.05, 3.63) is 69.8 Å². The predicted octanol–water partition coefficient (Wildman–Crippen LogP) is 3.80. The van der Waals surface area contributed by atoms with Crippen LogP contribution in [0.25, 0.3) is 0 Å². The number of carbonyl (C=O) groups is 3. The summed E-state index contributed by atoms with van der Waals surface area (Å²) in [6.45, 7) is 1.35. The molecule has 0 saturated heterocycles. The molecular formula is C20H15F2N3O7. The largest absolute Gasteiger partial charge is 0.468 e. The Morgan fingerprint density at radius 1 is 1.12 bits per heavy atom. The van der Waals surface area contributed by atoms with Crippen LogP contribution >= 0.6 is 0 Å². The molecular weight excluding hydrogens is 432 g/mol. The number of imide groups is 1. The van der Waals surface area contributed by atoms with Crippen LogP contribution in [-0.4, -0.2) is 40.7 Å². The SMILES string of the molecule is COC(=O)C1C(C)=NC(=O)N(C(=O)Oc2ccc([N+](=O)[O-])cc2)[C@H]1c1ccc(F)c(F)c1. The number of esters is 1. The quantitative estimate of drug-likeness (QED) is 0.396. The van der Waals surface area contributed by atoms with Crippen LogP contribution in [0.4, 0.5) is 24.1 Å². The summed E-state index contributed by atoms with van der Waals surface area (Å²) >= 11 is 0. The van der Waals surface area contributed by atoms with Crippen LogP contribution in [0, 0.1) is 27.7 Å². The Balaban J connectivity index is 2.04. The van der Waals surface area contributed by atoms with Crippen LogP contribution in [0.5, 0.6) is 5.75 Å². The number of hydrogen-bond acceptors (Lipinski definition) is 7. The molecule has 0 aliphatic carbocycles. The predicted molar refractivity (Wildman–Crippen MR) is 104 cm³/mol. The van der Waals surface area contributed by atoms with E-state index < -0.39 is 46.6 Å². The molecule has 2 aromatic carbocycles. The number of aliphatic imine (C=N–C) groups is 1. The topological polar surface area (TPSA) is 128 Å². The zero-order valence-corrected chi connectivity index (χ0v) is 16.7. The van der Waals surface area contributed by atoms with Gasteiger partial charge < -0.3 is 9.47 Å². The van der Waals surface area contributed by atoms with Gasteiger partial charge in [-0.2, -0.15) is 0 Å². The van der Waals surface area contributed by atoms with Crippen molar-refractivity contribution in [3.8, 4) is 5.75 Å². The highest BCUT2D eigenvalue weighted by Crippen LogP contribution is 2.36. The first-order valence-electron chi connectivity index (χ1n) is 9.01. The summed E-state index contributed by atoms with van der Waals surface area (Å²) in [5.41, 5.74) is -0.344. The Labute approximate surface area is 179 Å². The molecule has 0 radical (unpaired) electrons. The van der Waals surface area contributed by atoms with E-state index in [1.807, 2.05) is 0 Å². The van der Waals surface area contributed by atoms with Crippen molar-refractivity contribution in [2.75, 3.05) is 7.11 Å². The zero-order valence-electron chi connectivity index (χ0n) is 16.7. The Hall–Kier alpha value is -4.22. The maximum atomic E-state index is 13.9. The van der Waals surface area contributed by atoms with Crippen molar-refractivity contribution in [1.29, 1.82) is 0 Å². The third kappa shape index (κ3) is 4.29.